The van der Waals surface area contributed by atoms with Crippen LogP contribution >= 0.6 is 0 Å². The highest BCUT2D eigenvalue weighted by Gasteiger charge is 2.08. The maximum absolute atomic E-state index is 5.92. The van der Waals surface area contributed by atoms with Crippen LogP contribution in [-0.4, -0.2) is 19.8 Å². The minimum absolute atomic E-state index is 0.0125. The van der Waals surface area contributed by atoms with Crippen molar-refractivity contribution in [2.75, 3.05) is 19.8 Å². The Bertz CT molecular complexity index is 337. The number of ether oxygens (including phenoxy) is 2. The predicted octanol–water partition coefficient (Wildman–Crippen LogP) is 2.82. The number of rotatable bonds is 7. The summed E-state index contributed by atoms with van der Waals surface area (Å²) in [7, 11) is 0. The first kappa shape index (κ1) is 14.0. The van der Waals surface area contributed by atoms with E-state index in [2.05, 4.69) is 19.9 Å². The Morgan fingerprint density at radius 3 is 2.65 bits per heavy atom. The molecule has 0 fully saturated rings. The average molecular weight is 237 g/mol. The zero-order valence-electron chi connectivity index (χ0n) is 11.0. The summed E-state index contributed by atoms with van der Waals surface area (Å²) < 4.78 is 11.1. The van der Waals surface area contributed by atoms with Gasteiger partial charge in [-0.15, -0.1) is 0 Å². The number of benzene rings is 1. The first-order valence-electron chi connectivity index (χ1n) is 6.21. The molecule has 0 aromatic heterocycles. The highest BCUT2D eigenvalue weighted by Crippen LogP contribution is 2.24. The third kappa shape index (κ3) is 4.75. The second kappa shape index (κ2) is 7.30. The number of hydrogen-bond acceptors (Lipinski definition) is 3. The normalized spacial score (nSPS) is 12.5. The van der Waals surface area contributed by atoms with Crippen molar-refractivity contribution in [1.82, 2.24) is 0 Å². The van der Waals surface area contributed by atoms with Gasteiger partial charge < -0.3 is 15.2 Å². The molecule has 0 aliphatic rings. The van der Waals surface area contributed by atoms with E-state index < -0.39 is 0 Å². The molecule has 3 nitrogen and oxygen atoms in total. The molecule has 1 rings (SSSR count). The van der Waals surface area contributed by atoms with Crippen molar-refractivity contribution < 1.29 is 9.47 Å². The zero-order chi connectivity index (χ0) is 12.7. The van der Waals surface area contributed by atoms with Crippen LogP contribution in [0.5, 0.6) is 5.75 Å². The highest BCUT2D eigenvalue weighted by atomic mass is 16.5. The summed E-state index contributed by atoms with van der Waals surface area (Å²) in [4.78, 5) is 0. The van der Waals surface area contributed by atoms with Gasteiger partial charge in [-0.1, -0.05) is 24.6 Å². The molecule has 0 saturated heterocycles. The molecule has 17 heavy (non-hydrogen) atoms. The standard InChI is InChI=1S/C14H23NO2/c1-4-7-16-8-9-17-14-6-5-11(2)10-13(14)12(3)15/h5-6,10,12H,4,7-9,15H2,1-3H3/t12-/m0/s1. The Labute approximate surface area is 104 Å². The van der Waals surface area contributed by atoms with Gasteiger partial charge in [0, 0.05) is 18.2 Å². The molecule has 3 heteroatoms. The van der Waals surface area contributed by atoms with Crippen LogP contribution in [0, 0.1) is 6.92 Å². The summed E-state index contributed by atoms with van der Waals surface area (Å²) in [6, 6.07) is 6.08. The van der Waals surface area contributed by atoms with Crippen LogP contribution in [-0.2, 0) is 4.74 Å². The number of aryl methyl sites for hydroxylation is 1. The van der Waals surface area contributed by atoms with Crippen molar-refractivity contribution in [3.8, 4) is 5.75 Å². The third-order valence-electron chi connectivity index (χ3n) is 2.49. The lowest BCUT2D eigenvalue weighted by Crippen LogP contribution is -2.11. The molecular formula is C14H23NO2. The fraction of sp³-hybridized carbons (Fsp3) is 0.571. The quantitative estimate of drug-likeness (QED) is 0.742. The summed E-state index contributed by atoms with van der Waals surface area (Å²) in [5, 5.41) is 0. The smallest absolute Gasteiger partial charge is 0.124 e. The molecular weight excluding hydrogens is 214 g/mol. The lowest BCUT2D eigenvalue weighted by molar-refractivity contribution is 0.100. The van der Waals surface area contributed by atoms with E-state index in [1.807, 2.05) is 19.1 Å². The number of nitrogens with two attached hydrogens (primary N) is 1. The Hall–Kier alpha value is -1.06. The van der Waals surface area contributed by atoms with Gasteiger partial charge in [0.25, 0.3) is 0 Å². The summed E-state index contributed by atoms with van der Waals surface area (Å²) in [6.07, 6.45) is 1.04. The van der Waals surface area contributed by atoms with E-state index in [1.54, 1.807) is 0 Å². The van der Waals surface area contributed by atoms with E-state index in [1.165, 1.54) is 5.56 Å². The van der Waals surface area contributed by atoms with E-state index in [0.29, 0.717) is 13.2 Å². The predicted molar refractivity (Wildman–Crippen MR) is 70.4 cm³/mol. The first-order valence-corrected chi connectivity index (χ1v) is 6.21. The van der Waals surface area contributed by atoms with Gasteiger partial charge in [-0.05, 0) is 26.3 Å². The molecule has 1 atom stereocenters. The van der Waals surface area contributed by atoms with Crippen LogP contribution in [0.1, 0.15) is 37.4 Å². The molecule has 0 heterocycles. The molecule has 2 N–H and O–H groups in total. The monoisotopic (exact) mass is 237 g/mol. The van der Waals surface area contributed by atoms with Gasteiger partial charge >= 0.3 is 0 Å². The van der Waals surface area contributed by atoms with Gasteiger partial charge in [0.2, 0.25) is 0 Å². The van der Waals surface area contributed by atoms with Gasteiger partial charge in [-0.25, -0.2) is 0 Å². The molecule has 0 radical (unpaired) electrons. The van der Waals surface area contributed by atoms with Crippen LogP contribution < -0.4 is 10.5 Å². The van der Waals surface area contributed by atoms with Crippen LogP contribution in [0.3, 0.4) is 0 Å². The average Bonchev–Trinajstić information content (AvgIpc) is 2.30. The van der Waals surface area contributed by atoms with E-state index in [9.17, 15) is 0 Å². The molecule has 0 bridgehead atoms. The van der Waals surface area contributed by atoms with E-state index >= 15 is 0 Å². The minimum atomic E-state index is -0.0125. The third-order valence-corrected chi connectivity index (χ3v) is 2.49. The SMILES string of the molecule is CCCOCCOc1ccc(C)cc1[C@H](C)N. The second-order valence-corrected chi connectivity index (χ2v) is 4.29. The van der Waals surface area contributed by atoms with E-state index in [-0.39, 0.29) is 6.04 Å². The Morgan fingerprint density at radius 2 is 2.00 bits per heavy atom. The van der Waals surface area contributed by atoms with Crippen molar-refractivity contribution in [3.63, 3.8) is 0 Å². The maximum atomic E-state index is 5.92. The first-order chi connectivity index (χ1) is 8.15. The summed E-state index contributed by atoms with van der Waals surface area (Å²) in [5.41, 5.74) is 8.18. The van der Waals surface area contributed by atoms with Crippen molar-refractivity contribution in [3.05, 3.63) is 29.3 Å². The molecule has 0 spiro atoms. The molecule has 1 aromatic rings. The zero-order valence-corrected chi connectivity index (χ0v) is 11.0. The van der Waals surface area contributed by atoms with Crippen LogP contribution in [0.25, 0.3) is 0 Å². The Balaban J connectivity index is 2.52. The largest absolute Gasteiger partial charge is 0.491 e. The van der Waals surface area contributed by atoms with Crippen LogP contribution in [0.15, 0.2) is 18.2 Å². The molecule has 96 valence electrons. The number of hydrogen-bond donors (Lipinski definition) is 1. The van der Waals surface area contributed by atoms with Crippen LogP contribution in [0.4, 0.5) is 0 Å². The lowest BCUT2D eigenvalue weighted by atomic mass is 10.1. The summed E-state index contributed by atoms with van der Waals surface area (Å²) in [5.74, 6) is 0.866. The fourth-order valence-electron chi connectivity index (χ4n) is 1.61. The topological polar surface area (TPSA) is 44.5 Å². The van der Waals surface area contributed by atoms with Crippen molar-refractivity contribution >= 4 is 0 Å². The molecule has 0 unspecified atom stereocenters. The molecule has 0 aliphatic carbocycles. The van der Waals surface area contributed by atoms with Crippen LogP contribution in [0.2, 0.25) is 0 Å². The maximum Gasteiger partial charge on any atom is 0.124 e. The minimum Gasteiger partial charge on any atom is -0.491 e. The van der Waals surface area contributed by atoms with Gasteiger partial charge in [0.1, 0.15) is 12.4 Å². The molecule has 1 aromatic carbocycles. The van der Waals surface area contributed by atoms with Crippen molar-refractivity contribution in [2.24, 2.45) is 5.73 Å². The highest BCUT2D eigenvalue weighted by molar-refractivity contribution is 5.38. The molecule has 0 amide bonds. The van der Waals surface area contributed by atoms with Gasteiger partial charge in [-0.2, -0.15) is 0 Å². The fourth-order valence-corrected chi connectivity index (χ4v) is 1.61. The molecule has 0 aliphatic heterocycles. The van der Waals surface area contributed by atoms with E-state index in [4.69, 9.17) is 15.2 Å². The summed E-state index contributed by atoms with van der Waals surface area (Å²) >= 11 is 0. The Kier molecular flexibility index (Phi) is 6.01. The Morgan fingerprint density at radius 1 is 1.24 bits per heavy atom. The lowest BCUT2D eigenvalue weighted by Gasteiger charge is -2.14. The van der Waals surface area contributed by atoms with Gasteiger partial charge in [-0.3, -0.25) is 0 Å². The van der Waals surface area contributed by atoms with Gasteiger partial charge in [0.05, 0.1) is 6.61 Å². The second-order valence-electron chi connectivity index (χ2n) is 4.29. The van der Waals surface area contributed by atoms with E-state index in [0.717, 1.165) is 24.3 Å². The van der Waals surface area contributed by atoms with Crippen molar-refractivity contribution in [1.29, 1.82) is 0 Å². The summed E-state index contributed by atoms with van der Waals surface area (Å²) in [6.45, 7) is 8.10. The molecule has 0 saturated carbocycles. The van der Waals surface area contributed by atoms with Gasteiger partial charge in [0.15, 0.2) is 0 Å². The van der Waals surface area contributed by atoms with Crippen molar-refractivity contribution in [2.45, 2.75) is 33.2 Å².